The zero-order valence-corrected chi connectivity index (χ0v) is 11.6. The summed E-state index contributed by atoms with van der Waals surface area (Å²) in [6.07, 6.45) is 2.02. The number of hydrogen-bond donors (Lipinski definition) is 1. The molecule has 0 saturated carbocycles. The van der Waals surface area contributed by atoms with Crippen LogP contribution in [-0.2, 0) is 4.74 Å². The number of hydrogen-bond acceptors (Lipinski definition) is 4. The Kier molecular flexibility index (Phi) is 4.92. The predicted molar refractivity (Wildman–Crippen MR) is 74.0 cm³/mol. The van der Waals surface area contributed by atoms with Crippen LogP contribution in [0, 0.1) is 16.0 Å². The van der Waals surface area contributed by atoms with Crippen molar-refractivity contribution < 1.29 is 14.5 Å². The fourth-order valence-corrected chi connectivity index (χ4v) is 2.36. The average Bonchev–Trinajstić information content (AvgIpc) is 2.45. The van der Waals surface area contributed by atoms with E-state index in [1.165, 1.54) is 18.2 Å². The predicted octanol–water partition coefficient (Wildman–Crippen LogP) is 2.40. The number of benzene rings is 1. The van der Waals surface area contributed by atoms with Gasteiger partial charge in [0.2, 0.25) is 0 Å². The molecule has 0 aliphatic carbocycles. The third kappa shape index (κ3) is 3.68. The molecule has 108 valence electrons. The Bertz CT molecular complexity index is 515. The topological polar surface area (TPSA) is 81.5 Å². The van der Waals surface area contributed by atoms with Gasteiger partial charge in [0.05, 0.1) is 22.1 Å². The summed E-state index contributed by atoms with van der Waals surface area (Å²) < 4.78 is 5.33. The van der Waals surface area contributed by atoms with Gasteiger partial charge in [-0.05, 0) is 24.8 Å². The number of nitrogens with one attached hydrogen (secondary N) is 1. The van der Waals surface area contributed by atoms with Crippen molar-refractivity contribution in [1.82, 2.24) is 5.32 Å². The van der Waals surface area contributed by atoms with Crippen LogP contribution in [0.1, 0.15) is 23.2 Å². The van der Waals surface area contributed by atoms with Gasteiger partial charge in [-0.25, -0.2) is 0 Å². The number of carbonyl (C=O) groups excluding carboxylic acids is 1. The van der Waals surface area contributed by atoms with Crippen LogP contribution in [0.3, 0.4) is 0 Å². The smallest absolute Gasteiger partial charge is 0.270 e. The van der Waals surface area contributed by atoms with Crippen LogP contribution in [0.4, 0.5) is 5.69 Å². The van der Waals surface area contributed by atoms with Crippen molar-refractivity contribution >= 4 is 23.2 Å². The molecule has 1 aromatic carbocycles. The van der Waals surface area contributed by atoms with Gasteiger partial charge in [0.25, 0.3) is 11.6 Å². The maximum atomic E-state index is 12.0. The Morgan fingerprint density at radius 3 is 2.95 bits per heavy atom. The van der Waals surface area contributed by atoms with Crippen LogP contribution >= 0.6 is 11.6 Å². The van der Waals surface area contributed by atoms with E-state index >= 15 is 0 Å². The standard InChI is InChI=1S/C13H15ClN2O4/c14-12-6-10(16(18)19)3-4-11(12)13(17)15-7-9-2-1-5-20-8-9/h3-4,6,9H,1-2,5,7-8H2,(H,15,17). The van der Waals surface area contributed by atoms with Crippen molar-refractivity contribution in [1.29, 1.82) is 0 Å². The van der Waals surface area contributed by atoms with E-state index < -0.39 is 4.92 Å². The molecular weight excluding hydrogens is 284 g/mol. The summed E-state index contributed by atoms with van der Waals surface area (Å²) in [6, 6.07) is 3.82. The van der Waals surface area contributed by atoms with E-state index in [-0.39, 0.29) is 22.2 Å². The van der Waals surface area contributed by atoms with E-state index in [1.54, 1.807) is 0 Å². The van der Waals surface area contributed by atoms with E-state index in [2.05, 4.69) is 5.32 Å². The molecule has 0 spiro atoms. The van der Waals surface area contributed by atoms with Gasteiger partial charge in [0.1, 0.15) is 0 Å². The van der Waals surface area contributed by atoms with Crippen LogP contribution in [0.5, 0.6) is 0 Å². The number of non-ortho nitro benzene ring substituents is 1. The van der Waals surface area contributed by atoms with E-state index in [1.807, 2.05) is 0 Å². The fraction of sp³-hybridized carbons (Fsp3) is 0.462. The van der Waals surface area contributed by atoms with Crippen LogP contribution in [0.2, 0.25) is 5.02 Å². The highest BCUT2D eigenvalue weighted by atomic mass is 35.5. The quantitative estimate of drug-likeness (QED) is 0.683. The van der Waals surface area contributed by atoms with Crippen LogP contribution < -0.4 is 5.32 Å². The molecule has 6 nitrogen and oxygen atoms in total. The summed E-state index contributed by atoms with van der Waals surface area (Å²) in [5.41, 5.74) is 0.112. The first-order valence-electron chi connectivity index (χ1n) is 6.38. The molecule has 0 radical (unpaired) electrons. The number of ether oxygens (including phenoxy) is 1. The second-order valence-electron chi connectivity index (χ2n) is 4.71. The summed E-state index contributed by atoms with van der Waals surface area (Å²) in [5, 5.41) is 13.5. The Hall–Kier alpha value is -1.66. The van der Waals surface area contributed by atoms with Crippen molar-refractivity contribution in [2.24, 2.45) is 5.92 Å². The van der Waals surface area contributed by atoms with E-state index in [4.69, 9.17) is 16.3 Å². The number of nitro benzene ring substituents is 1. The SMILES string of the molecule is O=C(NCC1CCCOC1)c1ccc([N+](=O)[O-])cc1Cl. The number of carbonyl (C=O) groups is 1. The maximum Gasteiger partial charge on any atom is 0.270 e. The van der Waals surface area contributed by atoms with Gasteiger partial charge in [-0.2, -0.15) is 0 Å². The summed E-state index contributed by atoms with van der Waals surface area (Å²) in [5.74, 6) is -0.0139. The molecule has 1 N–H and O–H groups in total. The van der Waals surface area contributed by atoms with Gasteiger partial charge in [-0.1, -0.05) is 11.6 Å². The highest BCUT2D eigenvalue weighted by Gasteiger charge is 2.18. The van der Waals surface area contributed by atoms with Gasteiger partial charge in [0.15, 0.2) is 0 Å². The monoisotopic (exact) mass is 298 g/mol. The molecule has 0 aromatic heterocycles. The van der Waals surface area contributed by atoms with Gasteiger partial charge in [0, 0.05) is 25.3 Å². The van der Waals surface area contributed by atoms with Crippen molar-refractivity contribution in [3.63, 3.8) is 0 Å². The number of nitro groups is 1. The van der Waals surface area contributed by atoms with Crippen molar-refractivity contribution in [2.75, 3.05) is 19.8 Å². The Morgan fingerprint density at radius 1 is 1.55 bits per heavy atom. The highest BCUT2D eigenvalue weighted by Crippen LogP contribution is 2.22. The van der Waals surface area contributed by atoms with Crippen molar-refractivity contribution in [3.05, 3.63) is 38.9 Å². The Morgan fingerprint density at radius 2 is 2.35 bits per heavy atom. The molecule has 0 bridgehead atoms. The molecule has 1 aliphatic rings. The van der Waals surface area contributed by atoms with Crippen LogP contribution in [0.15, 0.2) is 18.2 Å². The molecule has 7 heteroatoms. The number of nitrogens with zero attached hydrogens (tertiary/aromatic N) is 1. The molecule has 20 heavy (non-hydrogen) atoms. The fourth-order valence-electron chi connectivity index (χ4n) is 2.10. The average molecular weight is 299 g/mol. The first-order chi connectivity index (χ1) is 9.58. The van der Waals surface area contributed by atoms with Crippen LogP contribution in [-0.4, -0.2) is 30.6 Å². The third-order valence-electron chi connectivity index (χ3n) is 3.21. The van der Waals surface area contributed by atoms with E-state index in [0.717, 1.165) is 19.4 Å². The molecule has 1 amide bonds. The van der Waals surface area contributed by atoms with Crippen LogP contribution in [0.25, 0.3) is 0 Å². The lowest BCUT2D eigenvalue weighted by molar-refractivity contribution is -0.384. The zero-order chi connectivity index (χ0) is 14.5. The minimum absolute atomic E-state index is 0.0802. The second kappa shape index (κ2) is 6.67. The minimum atomic E-state index is -0.549. The summed E-state index contributed by atoms with van der Waals surface area (Å²) >= 11 is 5.90. The molecule has 1 heterocycles. The lowest BCUT2D eigenvalue weighted by Gasteiger charge is -2.22. The van der Waals surface area contributed by atoms with Crippen molar-refractivity contribution in [2.45, 2.75) is 12.8 Å². The number of rotatable bonds is 4. The lowest BCUT2D eigenvalue weighted by Crippen LogP contribution is -2.33. The lowest BCUT2D eigenvalue weighted by atomic mass is 10.0. The summed E-state index contributed by atoms with van der Waals surface area (Å²) in [7, 11) is 0. The molecule has 1 aromatic rings. The minimum Gasteiger partial charge on any atom is -0.381 e. The Balaban J connectivity index is 1.96. The zero-order valence-electron chi connectivity index (χ0n) is 10.8. The molecule has 1 atom stereocenters. The number of halogens is 1. The Labute approximate surface area is 121 Å². The van der Waals surface area contributed by atoms with E-state index in [0.29, 0.717) is 19.1 Å². The van der Waals surface area contributed by atoms with E-state index in [9.17, 15) is 14.9 Å². The maximum absolute atomic E-state index is 12.0. The van der Waals surface area contributed by atoms with Gasteiger partial charge >= 0.3 is 0 Å². The normalized spacial score (nSPS) is 18.6. The second-order valence-corrected chi connectivity index (χ2v) is 5.12. The summed E-state index contributed by atoms with van der Waals surface area (Å²) in [6.45, 7) is 1.94. The van der Waals surface area contributed by atoms with Gasteiger partial charge in [-0.3, -0.25) is 14.9 Å². The molecular formula is C13H15ClN2O4. The van der Waals surface area contributed by atoms with Gasteiger partial charge in [-0.15, -0.1) is 0 Å². The molecule has 2 rings (SSSR count). The largest absolute Gasteiger partial charge is 0.381 e. The molecule has 1 aliphatic heterocycles. The van der Waals surface area contributed by atoms with Gasteiger partial charge < -0.3 is 10.1 Å². The third-order valence-corrected chi connectivity index (χ3v) is 3.53. The number of amides is 1. The first-order valence-corrected chi connectivity index (χ1v) is 6.75. The molecule has 1 unspecified atom stereocenters. The molecule has 1 saturated heterocycles. The van der Waals surface area contributed by atoms with Crippen molar-refractivity contribution in [3.8, 4) is 0 Å². The molecule has 1 fully saturated rings. The highest BCUT2D eigenvalue weighted by molar-refractivity contribution is 6.34. The summed E-state index contributed by atoms with van der Waals surface area (Å²) in [4.78, 5) is 22.0. The first kappa shape index (κ1) is 14.7.